The van der Waals surface area contributed by atoms with Crippen molar-refractivity contribution in [2.75, 3.05) is 17.2 Å². The number of hydrogen-bond acceptors (Lipinski definition) is 4. The molecular weight excluding hydrogens is 308 g/mol. The van der Waals surface area contributed by atoms with Gasteiger partial charge < -0.3 is 10.6 Å². The maximum atomic E-state index is 6.03. The molecule has 1 atom stereocenters. The number of nitrogens with two attached hydrogens (primary N) is 1. The van der Waals surface area contributed by atoms with Gasteiger partial charge in [-0.1, -0.05) is 60.7 Å². The summed E-state index contributed by atoms with van der Waals surface area (Å²) in [6, 6.07) is 21.1. The molecule has 1 heterocycles. The van der Waals surface area contributed by atoms with E-state index in [9.17, 15) is 0 Å². The minimum Gasteiger partial charge on any atom is -0.383 e. The minimum absolute atomic E-state index is 0.159. The number of rotatable bonds is 6. The number of anilines is 2. The SMILES string of the molecule is Cc1cnc(N(CCc2ccccc2)C(C)c2ccccc2)nc1N. The third-order valence-corrected chi connectivity index (χ3v) is 4.49. The molecule has 128 valence electrons. The highest BCUT2D eigenvalue weighted by Gasteiger charge is 2.19. The molecule has 4 nitrogen and oxygen atoms in total. The molecule has 0 saturated carbocycles. The first-order valence-electron chi connectivity index (χ1n) is 8.60. The van der Waals surface area contributed by atoms with Gasteiger partial charge >= 0.3 is 0 Å². The van der Waals surface area contributed by atoms with Crippen LogP contribution in [-0.4, -0.2) is 16.5 Å². The Hall–Kier alpha value is -2.88. The lowest BCUT2D eigenvalue weighted by molar-refractivity contribution is 0.646. The summed E-state index contributed by atoms with van der Waals surface area (Å²) in [5.41, 5.74) is 9.46. The third kappa shape index (κ3) is 4.15. The smallest absolute Gasteiger partial charge is 0.227 e. The van der Waals surface area contributed by atoms with Crippen LogP contribution >= 0.6 is 0 Å². The number of nitrogens with zero attached hydrogens (tertiary/aromatic N) is 3. The van der Waals surface area contributed by atoms with Crippen LogP contribution in [0.1, 0.15) is 29.7 Å². The van der Waals surface area contributed by atoms with E-state index in [1.165, 1.54) is 11.1 Å². The summed E-state index contributed by atoms with van der Waals surface area (Å²) in [5.74, 6) is 1.21. The lowest BCUT2D eigenvalue weighted by Gasteiger charge is -2.30. The van der Waals surface area contributed by atoms with E-state index in [-0.39, 0.29) is 6.04 Å². The average Bonchev–Trinajstić information content (AvgIpc) is 2.66. The van der Waals surface area contributed by atoms with Crippen molar-refractivity contribution < 1.29 is 0 Å². The third-order valence-electron chi connectivity index (χ3n) is 4.49. The van der Waals surface area contributed by atoms with Gasteiger partial charge in [0.15, 0.2) is 0 Å². The zero-order valence-corrected chi connectivity index (χ0v) is 14.8. The number of nitrogen functional groups attached to an aromatic ring is 1. The number of aromatic nitrogens is 2. The van der Waals surface area contributed by atoms with Crippen LogP contribution in [0.25, 0.3) is 0 Å². The number of benzene rings is 2. The first-order chi connectivity index (χ1) is 12.1. The van der Waals surface area contributed by atoms with Crippen molar-refractivity contribution in [1.82, 2.24) is 9.97 Å². The van der Waals surface area contributed by atoms with E-state index in [1.54, 1.807) is 6.20 Å². The summed E-state index contributed by atoms with van der Waals surface area (Å²) < 4.78 is 0. The molecule has 0 spiro atoms. The zero-order valence-electron chi connectivity index (χ0n) is 14.8. The number of aryl methyl sites for hydroxylation is 1. The summed E-state index contributed by atoms with van der Waals surface area (Å²) in [7, 11) is 0. The fraction of sp³-hybridized carbons (Fsp3) is 0.238. The van der Waals surface area contributed by atoms with Crippen LogP contribution in [-0.2, 0) is 6.42 Å². The largest absolute Gasteiger partial charge is 0.383 e. The van der Waals surface area contributed by atoms with Crippen LogP contribution in [0.15, 0.2) is 66.9 Å². The van der Waals surface area contributed by atoms with Crippen LogP contribution in [0, 0.1) is 6.92 Å². The van der Waals surface area contributed by atoms with E-state index >= 15 is 0 Å². The Balaban J connectivity index is 1.88. The van der Waals surface area contributed by atoms with Crippen molar-refractivity contribution in [3.8, 4) is 0 Å². The highest BCUT2D eigenvalue weighted by molar-refractivity contribution is 5.45. The molecule has 0 radical (unpaired) electrons. The van der Waals surface area contributed by atoms with Crippen molar-refractivity contribution in [2.24, 2.45) is 0 Å². The Morgan fingerprint density at radius 2 is 1.64 bits per heavy atom. The fourth-order valence-electron chi connectivity index (χ4n) is 2.86. The maximum Gasteiger partial charge on any atom is 0.227 e. The molecule has 25 heavy (non-hydrogen) atoms. The predicted octanol–water partition coefficient (Wildman–Crippen LogP) is 4.18. The van der Waals surface area contributed by atoms with E-state index in [0.717, 1.165) is 18.5 Å². The first-order valence-corrected chi connectivity index (χ1v) is 8.60. The van der Waals surface area contributed by atoms with E-state index in [0.29, 0.717) is 11.8 Å². The molecule has 2 aromatic carbocycles. The first kappa shape index (κ1) is 17.0. The average molecular weight is 332 g/mol. The molecule has 3 rings (SSSR count). The van der Waals surface area contributed by atoms with Gasteiger partial charge in [-0.2, -0.15) is 4.98 Å². The van der Waals surface area contributed by atoms with Crippen molar-refractivity contribution in [3.05, 3.63) is 83.6 Å². The molecule has 0 aliphatic rings. The summed E-state index contributed by atoms with van der Waals surface area (Å²) in [6.07, 6.45) is 2.72. The van der Waals surface area contributed by atoms with Gasteiger partial charge in [-0.25, -0.2) is 4.98 Å². The Bertz CT molecular complexity index is 803. The van der Waals surface area contributed by atoms with Gasteiger partial charge in [-0.05, 0) is 31.4 Å². The van der Waals surface area contributed by atoms with Gasteiger partial charge in [-0.3, -0.25) is 0 Å². The summed E-state index contributed by atoms with van der Waals surface area (Å²) in [5, 5.41) is 0. The Labute approximate surface area is 149 Å². The molecule has 0 saturated heterocycles. The van der Waals surface area contributed by atoms with Gasteiger partial charge in [0.2, 0.25) is 5.95 Å². The standard InChI is InChI=1S/C21H24N4/c1-16-15-23-21(24-20(16)22)25(14-13-18-9-5-3-6-10-18)17(2)19-11-7-4-8-12-19/h3-12,15,17H,13-14H2,1-2H3,(H2,22,23,24). The predicted molar refractivity (Wildman–Crippen MR) is 104 cm³/mol. The van der Waals surface area contributed by atoms with Crippen molar-refractivity contribution >= 4 is 11.8 Å². The Morgan fingerprint density at radius 3 is 2.28 bits per heavy atom. The molecular formula is C21H24N4. The lowest BCUT2D eigenvalue weighted by atomic mass is 10.1. The molecule has 0 aliphatic carbocycles. The van der Waals surface area contributed by atoms with Crippen LogP contribution in [0.4, 0.5) is 11.8 Å². The quantitative estimate of drug-likeness (QED) is 0.736. The van der Waals surface area contributed by atoms with Gasteiger partial charge in [-0.15, -0.1) is 0 Å². The second-order valence-corrected chi connectivity index (χ2v) is 6.25. The summed E-state index contributed by atoms with van der Waals surface area (Å²) in [4.78, 5) is 11.3. The minimum atomic E-state index is 0.159. The molecule has 1 aromatic heterocycles. The van der Waals surface area contributed by atoms with Crippen molar-refractivity contribution in [1.29, 1.82) is 0 Å². The Kier molecular flexibility index (Phi) is 5.29. The molecule has 3 aromatic rings. The second-order valence-electron chi connectivity index (χ2n) is 6.25. The highest BCUT2D eigenvalue weighted by atomic mass is 15.3. The molecule has 4 heteroatoms. The van der Waals surface area contributed by atoms with Crippen LogP contribution in [0.5, 0.6) is 0 Å². The van der Waals surface area contributed by atoms with Gasteiger partial charge in [0.05, 0.1) is 6.04 Å². The van der Waals surface area contributed by atoms with E-state index in [1.807, 2.05) is 19.1 Å². The normalized spacial score (nSPS) is 11.9. The molecule has 0 fully saturated rings. The van der Waals surface area contributed by atoms with Gasteiger partial charge in [0.1, 0.15) is 5.82 Å². The van der Waals surface area contributed by atoms with E-state index in [4.69, 9.17) is 5.73 Å². The van der Waals surface area contributed by atoms with Crippen molar-refractivity contribution in [3.63, 3.8) is 0 Å². The molecule has 0 aliphatic heterocycles. The van der Waals surface area contributed by atoms with Gasteiger partial charge in [0.25, 0.3) is 0 Å². The van der Waals surface area contributed by atoms with Crippen molar-refractivity contribution in [2.45, 2.75) is 26.3 Å². The summed E-state index contributed by atoms with van der Waals surface area (Å²) >= 11 is 0. The number of hydrogen-bond donors (Lipinski definition) is 1. The van der Waals surface area contributed by atoms with E-state index < -0.39 is 0 Å². The maximum absolute atomic E-state index is 6.03. The lowest BCUT2D eigenvalue weighted by Crippen LogP contribution is -2.31. The van der Waals surface area contributed by atoms with Gasteiger partial charge in [0, 0.05) is 18.3 Å². The van der Waals surface area contributed by atoms with Crippen LogP contribution in [0.3, 0.4) is 0 Å². The summed E-state index contributed by atoms with van der Waals surface area (Å²) in [6.45, 7) is 4.93. The molecule has 1 unspecified atom stereocenters. The fourth-order valence-corrected chi connectivity index (χ4v) is 2.86. The molecule has 0 amide bonds. The molecule has 0 bridgehead atoms. The van der Waals surface area contributed by atoms with Crippen LogP contribution < -0.4 is 10.6 Å². The zero-order chi connectivity index (χ0) is 17.6. The molecule has 2 N–H and O–H groups in total. The Morgan fingerprint density at radius 1 is 1.00 bits per heavy atom. The topological polar surface area (TPSA) is 55.0 Å². The highest BCUT2D eigenvalue weighted by Crippen LogP contribution is 2.25. The van der Waals surface area contributed by atoms with Crippen LogP contribution in [0.2, 0.25) is 0 Å². The van der Waals surface area contributed by atoms with E-state index in [2.05, 4.69) is 70.3 Å². The second kappa shape index (κ2) is 7.79. The monoisotopic (exact) mass is 332 g/mol.